The van der Waals surface area contributed by atoms with E-state index < -0.39 is 12.2 Å². The highest BCUT2D eigenvalue weighted by Crippen LogP contribution is 2.33. The van der Waals surface area contributed by atoms with Gasteiger partial charge in [-0.3, -0.25) is 0 Å². The zero-order chi connectivity index (χ0) is 30.1. The van der Waals surface area contributed by atoms with Crippen molar-refractivity contribution in [2.75, 3.05) is 52.5 Å². The number of aliphatic hydroxyl groups excluding tert-OH is 2. The van der Waals surface area contributed by atoms with Crippen LogP contribution in [0.15, 0.2) is 48.5 Å². The van der Waals surface area contributed by atoms with Gasteiger partial charge in [-0.1, -0.05) is 78.6 Å². The molecule has 2 atom stereocenters. The molecule has 41 heavy (non-hydrogen) atoms. The van der Waals surface area contributed by atoms with Gasteiger partial charge < -0.3 is 29.5 Å². The van der Waals surface area contributed by atoms with Crippen molar-refractivity contribution < 1.29 is 19.7 Å². The Kier molecular flexibility index (Phi) is 16.4. The van der Waals surface area contributed by atoms with Gasteiger partial charge in [-0.05, 0) is 87.3 Å². The van der Waals surface area contributed by atoms with Gasteiger partial charge >= 0.3 is 0 Å². The van der Waals surface area contributed by atoms with Crippen LogP contribution in [-0.4, -0.2) is 84.7 Å². The van der Waals surface area contributed by atoms with Crippen LogP contribution in [0, 0.1) is 0 Å². The second kappa shape index (κ2) is 19.1. The van der Waals surface area contributed by atoms with Crippen LogP contribution in [0.25, 0.3) is 0 Å². The number of unbranched alkanes of at least 4 members (excludes halogenated alkanes) is 2. The number of rotatable bonds is 22. The maximum absolute atomic E-state index is 10.5. The molecule has 2 N–H and O–H groups in total. The maximum Gasteiger partial charge on any atom is 0.119 e. The normalized spacial score (nSPS) is 13.5. The van der Waals surface area contributed by atoms with E-state index in [2.05, 4.69) is 75.6 Å². The lowest BCUT2D eigenvalue weighted by Crippen LogP contribution is -2.36. The van der Waals surface area contributed by atoms with Crippen LogP contribution in [-0.2, 0) is 5.41 Å². The molecule has 0 aromatic heterocycles. The van der Waals surface area contributed by atoms with Crippen LogP contribution in [0.5, 0.6) is 11.5 Å². The summed E-state index contributed by atoms with van der Waals surface area (Å²) in [4.78, 5) is 4.66. The summed E-state index contributed by atoms with van der Waals surface area (Å²) in [5.74, 6) is 1.54. The highest BCUT2D eigenvalue weighted by atomic mass is 16.5. The average molecular weight is 571 g/mol. The van der Waals surface area contributed by atoms with Crippen LogP contribution < -0.4 is 9.47 Å². The van der Waals surface area contributed by atoms with Gasteiger partial charge in [-0.2, -0.15) is 0 Å². The van der Waals surface area contributed by atoms with Gasteiger partial charge in [0.25, 0.3) is 0 Å². The summed E-state index contributed by atoms with van der Waals surface area (Å²) in [6.45, 7) is 19.1. The molecule has 6 nitrogen and oxygen atoms in total. The number of hydrogen-bond donors (Lipinski definition) is 2. The van der Waals surface area contributed by atoms with Crippen molar-refractivity contribution in [3.05, 3.63) is 59.7 Å². The van der Waals surface area contributed by atoms with E-state index in [1.165, 1.54) is 11.1 Å². The zero-order valence-electron chi connectivity index (χ0n) is 26.8. The van der Waals surface area contributed by atoms with Crippen LogP contribution >= 0.6 is 0 Å². The molecule has 0 bridgehead atoms. The molecule has 0 fully saturated rings. The van der Waals surface area contributed by atoms with Crippen molar-refractivity contribution in [1.29, 1.82) is 0 Å². The molecular weight excluding hydrogens is 512 g/mol. The van der Waals surface area contributed by atoms with Gasteiger partial charge in [0, 0.05) is 18.5 Å². The molecule has 0 aliphatic rings. The summed E-state index contributed by atoms with van der Waals surface area (Å²) in [7, 11) is 0. The Morgan fingerprint density at radius 3 is 1.27 bits per heavy atom. The lowest BCUT2D eigenvalue weighted by Gasteiger charge is -2.27. The minimum absolute atomic E-state index is 0.198. The van der Waals surface area contributed by atoms with E-state index in [0.29, 0.717) is 26.3 Å². The molecule has 0 aliphatic heterocycles. The molecule has 6 heteroatoms. The van der Waals surface area contributed by atoms with E-state index in [1.54, 1.807) is 0 Å². The first-order chi connectivity index (χ1) is 19.7. The largest absolute Gasteiger partial charge is 0.491 e. The van der Waals surface area contributed by atoms with Gasteiger partial charge in [0.1, 0.15) is 36.9 Å². The molecule has 0 aliphatic carbocycles. The van der Waals surface area contributed by atoms with Crippen LogP contribution in [0.4, 0.5) is 0 Å². The number of hydrogen-bond acceptors (Lipinski definition) is 6. The molecule has 0 spiro atoms. The number of nitrogens with zero attached hydrogens (tertiary/aromatic N) is 2. The molecule has 0 heterocycles. The third-order valence-corrected chi connectivity index (χ3v) is 7.71. The average Bonchev–Trinajstić information content (AvgIpc) is 2.97. The summed E-state index contributed by atoms with van der Waals surface area (Å²) >= 11 is 0. The maximum atomic E-state index is 10.5. The minimum Gasteiger partial charge on any atom is -0.491 e. The highest BCUT2D eigenvalue weighted by molar-refractivity contribution is 5.41. The fraction of sp³-hybridized carbons (Fsp3) is 0.657. The van der Waals surface area contributed by atoms with E-state index in [9.17, 15) is 10.2 Å². The van der Waals surface area contributed by atoms with Crippen LogP contribution in [0.2, 0.25) is 0 Å². The lowest BCUT2D eigenvalue weighted by atomic mass is 9.78. The van der Waals surface area contributed by atoms with E-state index in [4.69, 9.17) is 9.47 Å². The molecule has 2 unspecified atom stereocenters. The van der Waals surface area contributed by atoms with E-state index in [1.807, 2.05) is 24.3 Å². The third kappa shape index (κ3) is 12.7. The fourth-order valence-corrected chi connectivity index (χ4v) is 5.17. The van der Waals surface area contributed by atoms with E-state index in [-0.39, 0.29) is 5.41 Å². The Labute approximate surface area is 250 Å². The van der Waals surface area contributed by atoms with Gasteiger partial charge in [-0.15, -0.1) is 0 Å². The fourth-order valence-electron chi connectivity index (χ4n) is 5.17. The van der Waals surface area contributed by atoms with Gasteiger partial charge in [0.2, 0.25) is 0 Å². The van der Waals surface area contributed by atoms with Crippen LogP contribution in [0.1, 0.15) is 91.2 Å². The topological polar surface area (TPSA) is 65.4 Å². The SMILES string of the molecule is CCCCN(CCC)CC(O)COc1ccc(C(C)(C)c2ccc(OCC(O)CN(CCC)CCCC)cc2)cc1. The summed E-state index contributed by atoms with van der Waals surface area (Å²) in [6, 6.07) is 16.4. The summed E-state index contributed by atoms with van der Waals surface area (Å²) in [5.41, 5.74) is 2.17. The molecule has 0 radical (unpaired) electrons. The van der Waals surface area contributed by atoms with Crippen molar-refractivity contribution in [2.24, 2.45) is 0 Å². The molecule has 0 saturated carbocycles. The molecule has 232 valence electrons. The first-order valence-electron chi connectivity index (χ1n) is 16.0. The number of ether oxygens (including phenoxy) is 2. The molecular formula is C35H58N2O4. The molecule has 2 rings (SSSR count). The monoisotopic (exact) mass is 570 g/mol. The Bertz CT molecular complexity index is 857. The number of aliphatic hydroxyl groups is 2. The molecule has 2 aromatic carbocycles. The van der Waals surface area contributed by atoms with E-state index >= 15 is 0 Å². The highest BCUT2D eigenvalue weighted by Gasteiger charge is 2.23. The second-order valence-electron chi connectivity index (χ2n) is 11.9. The predicted octanol–water partition coefficient (Wildman–Crippen LogP) is 6.52. The van der Waals surface area contributed by atoms with Crippen LogP contribution in [0.3, 0.4) is 0 Å². The third-order valence-electron chi connectivity index (χ3n) is 7.71. The smallest absolute Gasteiger partial charge is 0.119 e. The van der Waals surface area contributed by atoms with Crippen molar-refractivity contribution >= 4 is 0 Å². The van der Waals surface area contributed by atoms with Gasteiger partial charge in [-0.25, -0.2) is 0 Å². The predicted molar refractivity (Wildman–Crippen MR) is 171 cm³/mol. The van der Waals surface area contributed by atoms with Gasteiger partial charge in [0.05, 0.1) is 0 Å². The first-order valence-corrected chi connectivity index (χ1v) is 16.0. The van der Waals surface area contributed by atoms with Gasteiger partial charge in [0.15, 0.2) is 0 Å². The van der Waals surface area contributed by atoms with Crippen molar-refractivity contribution in [2.45, 2.75) is 97.7 Å². The Balaban J connectivity index is 1.88. The second-order valence-corrected chi connectivity index (χ2v) is 11.9. The zero-order valence-corrected chi connectivity index (χ0v) is 26.8. The Hall–Kier alpha value is -2.12. The molecule has 2 aromatic rings. The quantitative estimate of drug-likeness (QED) is 0.168. The summed E-state index contributed by atoms with van der Waals surface area (Å²) in [6.07, 6.45) is 5.79. The lowest BCUT2D eigenvalue weighted by molar-refractivity contribution is 0.0676. The van der Waals surface area contributed by atoms with E-state index in [0.717, 1.165) is 76.2 Å². The standard InChI is InChI=1S/C35H58N2O4/c1-7-11-23-36(21-9-3)25-31(38)27-40-33-17-13-29(14-18-33)35(5,6)30-15-19-34(20-16-30)41-28-32(39)26-37(22-10-4)24-12-8-2/h13-20,31-32,38-39H,7-12,21-28H2,1-6H3. The molecule has 0 saturated heterocycles. The summed E-state index contributed by atoms with van der Waals surface area (Å²) < 4.78 is 11.9. The molecule has 0 amide bonds. The number of benzene rings is 2. The first kappa shape index (κ1) is 35.1. The van der Waals surface area contributed by atoms with Crippen molar-refractivity contribution in [3.63, 3.8) is 0 Å². The Morgan fingerprint density at radius 2 is 0.951 bits per heavy atom. The Morgan fingerprint density at radius 1 is 0.585 bits per heavy atom. The van der Waals surface area contributed by atoms with Crippen molar-refractivity contribution in [1.82, 2.24) is 9.80 Å². The van der Waals surface area contributed by atoms with Crippen molar-refractivity contribution in [3.8, 4) is 11.5 Å². The summed E-state index contributed by atoms with van der Waals surface area (Å²) in [5, 5.41) is 21.1. The minimum atomic E-state index is -0.507.